The van der Waals surface area contributed by atoms with E-state index in [0.717, 1.165) is 41.3 Å². The van der Waals surface area contributed by atoms with Crippen molar-refractivity contribution in [2.45, 2.75) is 52.4 Å². The smallest absolute Gasteiger partial charge is 0.306 e. The fraction of sp³-hybridized carbons (Fsp3) is 0.407. The number of aromatic nitrogens is 1. The van der Waals surface area contributed by atoms with Crippen LogP contribution in [-0.2, 0) is 22.4 Å². The number of esters is 1. The van der Waals surface area contributed by atoms with Gasteiger partial charge in [-0.2, -0.15) is 0 Å². The summed E-state index contributed by atoms with van der Waals surface area (Å²) in [5.41, 5.74) is 6.62. The van der Waals surface area contributed by atoms with E-state index in [9.17, 15) is 4.79 Å². The molecule has 174 valence electrons. The lowest BCUT2D eigenvalue weighted by Crippen LogP contribution is -2.08. The number of carbonyl (C=O) groups is 1. The van der Waals surface area contributed by atoms with Crippen LogP contribution in [0.25, 0.3) is 11.5 Å². The molecule has 4 rings (SSSR count). The summed E-state index contributed by atoms with van der Waals surface area (Å²) >= 11 is 0. The quantitative estimate of drug-likeness (QED) is 0.429. The number of anilines is 1. The third-order valence-corrected chi connectivity index (χ3v) is 6.29. The summed E-state index contributed by atoms with van der Waals surface area (Å²) in [7, 11) is 1.91. The van der Waals surface area contributed by atoms with Gasteiger partial charge < -0.3 is 19.2 Å². The average Bonchev–Trinajstić information content (AvgIpc) is 3.37. The van der Waals surface area contributed by atoms with E-state index in [2.05, 4.69) is 36.5 Å². The van der Waals surface area contributed by atoms with Crippen LogP contribution in [0, 0.1) is 13.8 Å². The first-order valence-corrected chi connectivity index (χ1v) is 11.6. The monoisotopic (exact) mass is 448 g/mol. The molecular formula is C27H32N2O4. The Morgan fingerprint density at radius 3 is 2.85 bits per heavy atom. The number of benzene rings is 2. The zero-order valence-corrected chi connectivity index (χ0v) is 19.9. The van der Waals surface area contributed by atoms with E-state index in [1.807, 2.05) is 33.0 Å². The van der Waals surface area contributed by atoms with Crippen molar-refractivity contribution in [3.8, 4) is 17.2 Å². The zero-order chi connectivity index (χ0) is 23.4. The molecule has 1 heterocycles. The van der Waals surface area contributed by atoms with Gasteiger partial charge in [-0.3, -0.25) is 4.79 Å². The molecule has 1 aromatic heterocycles. The van der Waals surface area contributed by atoms with Gasteiger partial charge in [0.15, 0.2) is 0 Å². The predicted molar refractivity (Wildman–Crippen MR) is 129 cm³/mol. The first-order chi connectivity index (χ1) is 16.0. The van der Waals surface area contributed by atoms with Crippen LogP contribution >= 0.6 is 0 Å². The lowest BCUT2D eigenvalue weighted by molar-refractivity contribution is -0.143. The number of fused-ring (bicyclic) bond motifs is 1. The molecule has 0 radical (unpaired) electrons. The fourth-order valence-corrected chi connectivity index (χ4v) is 4.48. The lowest BCUT2D eigenvalue weighted by Gasteiger charge is -2.12. The van der Waals surface area contributed by atoms with Gasteiger partial charge >= 0.3 is 5.97 Å². The van der Waals surface area contributed by atoms with Crippen LogP contribution in [0.5, 0.6) is 5.75 Å². The average molecular weight is 449 g/mol. The molecule has 1 N–H and O–H groups in total. The highest BCUT2D eigenvalue weighted by Crippen LogP contribution is 2.37. The predicted octanol–water partition coefficient (Wildman–Crippen LogP) is 5.60. The summed E-state index contributed by atoms with van der Waals surface area (Å²) in [4.78, 5) is 16.6. The third kappa shape index (κ3) is 5.21. The van der Waals surface area contributed by atoms with E-state index >= 15 is 0 Å². The summed E-state index contributed by atoms with van der Waals surface area (Å²) in [6.45, 7) is 6.80. The molecule has 6 nitrogen and oxygen atoms in total. The number of nitrogens with zero attached hydrogens (tertiary/aromatic N) is 1. The summed E-state index contributed by atoms with van der Waals surface area (Å²) < 4.78 is 17.1. The minimum Gasteiger partial charge on any atom is -0.493 e. The number of hydrogen-bond donors (Lipinski definition) is 1. The van der Waals surface area contributed by atoms with E-state index in [1.54, 1.807) is 0 Å². The number of nitrogens with one attached hydrogen (secondary N) is 1. The molecule has 0 amide bonds. The molecule has 0 fully saturated rings. The van der Waals surface area contributed by atoms with Crippen molar-refractivity contribution in [2.24, 2.45) is 0 Å². The van der Waals surface area contributed by atoms with E-state index < -0.39 is 0 Å². The highest BCUT2D eigenvalue weighted by atomic mass is 16.5. The second kappa shape index (κ2) is 10.1. The number of aryl methyl sites for hydroxylation is 3. The molecule has 0 saturated heterocycles. The van der Waals surface area contributed by atoms with Gasteiger partial charge in [0.25, 0.3) is 0 Å². The van der Waals surface area contributed by atoms with E-state index in [0.29, 0.717) is 31.9 Å². The Kier molecular flexibility index (Phi) is 7.02. The molecule has 1 atom stereocenters. The summed E-state index contributed by atoms with van der Waals surface area (Å²) in [6, 6.07) is 12.3. The highest BCUT2D eigenvalue weighted by molar-refractivity contribution is 5.71. The van der Waals surface area contributed by atoms with Crippen LogP contribution in [0.4, 0.5) is 5.69 Å². The van der Waals surface area contributed by atoms with Crippen LogP contribution in [0.15, 0.2) is 40.8 Å². The second-order valence-corrected chi connectivity index (χ2v) is 8.51. The molecule has 1 aliphatic rings. The summed E-state index contributed by atoms with van der Waals surface area (Å²) in [5.74, 6) is 2.42. The van der Waals surface area contributed by atoms with Gasteiger partial charge in [-0.15, -0.1) is 0 Å². The van der Waals surface area contributed by atoms with Crippen molar-refractivity contribution < 1.29 is 18.7 Å². The standard InChI is InChI=1S/C27H32N2O4/c1-5-31-26(30)16-20-9-8-19-14-22(10-11-23(19)20)32-13-12-24-18(3)33-27(29-24)21-7-6-17(2)25(15-21)28-4/h6-7,10-11,14-15,20,28H,5,8-9,12-13,16H2,1-4H3/t20-/m0/s1. The number of carbonyl (C=O) groups excluding carboxylic acids is 1. The van der Waals surface area contributed by atoms with Crippen LogP contribution in [-0.4, -0.2) is 31.2 Å². The van der Waals surface area contributed by atoms with Gasteiger partial charge in [0.1, 0.15) is 11.5 Å². The third-order valence-electron chi connectivity index (χ3n) is 6.29. The van der Waals surface area contributed by atoms with Crippen molar-refractivity contribution in [3.63, 3.8) is 0 Å². The molecule has 0 bridgehead atoms. The molecule has 0 saturated carbocycles. The van der Waals surface area contributed by atoms with E-state index in [-0.39, 0.29) is 11.9 Å². The van der Waals surface area contributed by atoms with Gasteiger partial charge in [-0.25, -0.2) is 4.98 Å². The zero-order valence-electron chi connectivity index (χ0n) is 19.9. The minimum atomic E-state index is -0.120. The molecular weight excluding hydrogens is 416 g/mol. The summed E-state index contributed by atoms with van der Waals surface area (Å²) in [5, 5.41) is 3.20. The van der Waals surface area contributed by atoms with Crippen LogP contribution in [0.1, 0.15) is 53.8 Å². The van der Waals surface area contributed by atoms with Crippen LogP contribution in [0.2, 0.25) is 0 Å². The SMILES string of the molecule is CCOC(=O)C[C@@H]1CCc2cc(OCCc3nc(-c4ccc(C)c(NC)c4)oc3C)ccc21. The normalized spacial score (nSPS) is 14.7. The number of oxazole rings is 1. The molecule has 3 aromatic rings. The van der Waals surface area contributed by atoms with Crippen LogP contribution < -0.4 is 10.1 Å². The first kappa shape index (κ1) is 22.9. The lowest BCUT2D eigenvalue weighted by atomic mass is 9.98. The maximum atomic E-state index is 11.9. The first-order valence-electron chi connectivity index (χ1n) is 11.6. The number of rotatable bonds is 9. The van der Waals surface area contributed by atoms with Gasteiger partial charge in [-0.1, -0.05) is 12.1 Å². The van der Waals surface area contributed by atoms with Crippen molar-refractivity contribution in [1.29, 1.82) is 0 Å². The van der Waals surface area contributed by atoms with E-state index in [1.165, 1.54) is 16.7 Å². The maximum Gasteiger partial charge on any atom is 0.306 e. The van der Waals surface area contributed by atoms with Gasteiger partial charge in [0, 0.05) is 24.7 Å². The minimum absolute atomic E-state index is 0.120. The molecule has 2 aromatic carbocycles. The van der Waals surface area contributed by atoms with Gasteiger partial charge in [0.2, 0.25) is 5.89 Å². The second-order valence-electron chi connectivity index (χ2n) is 8.51. The van der Waals surface area contributed by atoms with Gasteiger partial charge in [0.05, 0.1) is 25.3 Å². The van der Waals surface area contributed by atoms with Crippen LogP contribution in [0.3, 0.4) is 0 Å². The van der Waals surface area contributed by atoms with Crippen molar-refractivity contribution >= 4 is 11.7 Å². The van der Waals surface area contributed by atoms with Gasteiger partial charge in [-0.05, 0) is 80.5 Å². The molecule has 1 aliphatic carbocycles. The highest BCUT2D eigenvalue weighted by Gasteiger charge is 2.25. The number of ether oxygens (including phenoxy) is 2. The molecule has 6 heteroatoms. The molecule has 0 spiro atoms. The fourth-order valence-electron chi connectivity index (χ4n) is 4.48. The van der Waals surface area contributed by atoms with Crippen molar-refractivity contribution in [2.75, 3.05) is 25.6 Å². The molecule has 0 aliphatic heterocycles. The van der Waals surface area contributed by atoms with Crippen molar-refractivity contribution in [1.82, 2.24) is 4.98 Å². The van der Waals surface area contributed by atoms with Crippen molar-refractivity contribution in [3.05, 3.63) is 64.5 Å². The van der Waals surface area contributed by atoms with E-state index in [4.69, 9.17) is 18.9 Å². The maximum absolute atomic E-state index is 11.9. The topological polar surface area (TPSA) is 73.6 Å². The number of hydrogen-bond acceptors (Lipinski definition) is 6. The molecule has 33 heavy (non-hydrogen) atoms. The Labute approximate surface area is 195 Å². The Bertz CT molecular complexity index is 1140. The Hall–Kier alpha value is -3.28. The molecule has 0 unspecified atom stereocenters. The Morgan fingerprint density at radius 1 is 1.21 bits per heavy atom. The Balaban J connectivity index is 1.36. The largest absolute Gasteiger partial charge is 0.493 e. The Morgan fingerprint density at radius 2 is 2.06 bits per heavy atom. The summed E-state index contributed by atoms with van der Waals surface area (Å²) in [6.07, 6.45) is 3.06.